The number of aromatic nitrogens is 2. The Balaban J connectivity index is 1.97. The van der Waals surface area contributed by atoms with Crippen molar-refractivity contribution in [3.05, 3.63) is 70.9 Å². The summed E-state index contributed by atoms with van der Waals surface area (Å²) < 4.78 is 0. The number of rotatable bonds is 1. The van der Waals surface area contributed by atoms with Crippen LogP contribution in [0.2, 0.25) is 0 Å². The summed E-state index contributed by atoms with van der Waals surface area (Å²) in [6.07, 6.45) is 0. The van der Waals surface area contributed by atoms with Crippen LogP contribution in [-0.2, 0) is 5.41 Å². The van der Waals surface area contributed by atoms with Gasteiger partial charge in [-0.1, -0.05) is 56.3 Å². The van der Waals surface area contributed by atoms with Crippen molar-refractivity contribution in [3.63, 3.8) is 0 Å². The first-order chi connectivity index (χ1) is 11.8. The van der Waals surface area contributed by atoms with Gasteiger partial charge in [0.15, 0.2) is 0 Å². The first kappa shape index (κ1) is 15.9. The van der Waals surface area contributed by atoms with E-state index in [0.717, 1.165) is 33.4 Å². The van der Waals surface area contributed by atoms with Crippen LogP contribution in [0.3, 0.4) is 0 Å². The van der Waals surface area contributed by atoms with Crippen molar-refractivity contribution in [2.75, 3.05) is 0 Å². The highest BCUT2D eigenvalue weighted by molar-refractivity contribution is 6.14. The molecule has 2 aromatic carbocycles. The van der Waals surface area contributed by atoms with Crippen LogP contribution < -0.4 is 0 Å². The average Bonchev–Trinajstić information content (AvgIpc) is 2.58. The van der Waals surface area contributed by atoms with Gasteiger partial charge in [0.1, 0.15) is 5.69 Å². The maximum atomic E-state index is 5.12. The van der Waals surface area contributed by atoms with Gasteiger partial charge in [0.25, 0.3) is 0 Å². The van der Waals surface area contributed by atoms with Crippen molar-refractivity contribution in [2.24, 2.45) is 4.99 Å². The van der Waals surface area contributed by atoms with E-state index in [2.05, 4.69) is 93.3 Å². The molecule has 0 fully saturated rings. The van der Waals surface area contributed by atoms with E-state index in [0.29, 0.717) is 0 Å². The highest BCUT2D eigenvalue weighted by atomic mass is 15.1. The van der Waals surface area contributed by atoms with E-state index < -0.39 is 0 Å². The highest BCUT2D eigenvalue weighted by Crippen LogP contribution is 2.43. The SMILES string of the molecule is Cc1cccc2cc(C3=NC(C)(C)C(C)(C)c4ccccc43)nnc12. The lowest BCUT2D eigenvalue weighted by atomic mass is 9.66. The van der Waals surface area contributed by atoms with Gasteiger partial charge in [-0.3, -0.25) is 4.99 Å². The van der Waals surface area contributed by atoms with Crippen molar-refractivity contribution >= 4 is 16.6 Å². The van der Waals surface area contributed by atoms with Crippen LogP contribution in [0.25, 0.3) is 10.9 Å². The van der Waals surface area contributed by atoms with Gasteiger partial charge in [-0.15, -0.1) is 10.2 Å². The summed E-state index contributed by atoms with van der Waals surface area (Å²) in [6, 6.07) is 16.9. The molecule has 3 heteroatoms. The largest absolute Gasteiger partial charge is 0.275 e. The first-order valence-corrected chi connectivity index (χ1v) is 8.74. The molecule has 2 heterocycles. The van der Waals surface area contributed by atoms with Crippen LogP contribution in [-0.4, -0.2) is 21.4 Å². The fourth-order valence-electron chi connectivity index (χ4n) is 3.57. The van der Waals surface area contributed by atoms with Crippen LogP contribution >= 0.6 is 0 Å². The summed E-state index contributed by atoms with van der Waals surface area (Å²) in [7, 11) is 0. The monoisotopic (exact) mass is 329 g/mol. The molecule has 1 aromatic heterocycles. The fraction of sp³-hybridized carbons (Fsp3) is 0.318. The Kier molecular flexibility index (Phi) is 3.33. The Bertz CT molecular complexity index is 1010. The van der Waals surface area contributed by atoms with Gasteiger partial charge >= 0.3 is 0 Å². The van der Waals surface area contributed by atoms with Gasteiger partial charge in [-0.2, -0.15) is 0 Å². The molecule has 0 bridgehead atoms. The Labute approximate surface area is 148 Å². The average molecular weight is 329 g/mol. The minimum atomic E-state index is -0.222. The molecule has 0 atom stereocenters. The van der Waals surface area contributed by atoms with Crippen LogP contribution in [0, 0.1) is 6.92 Å². The standard InChI is InChI=1S/C22H23N3/c1-14-9-8-10-15-13-18(24-25-19(14)15)20-16-11-6-7-12-17(16)21(2,3)22(4,5)23-20/h6-13H,1-5H3. The summed E-state index contributed by atoms with van der Waals surface area (Å²) in [5.74, 6) is 0. The fourth-order valence-corrected chi connectivity index (χ4v) is 3.57. The maximum absolute atomic E-state index is 5.12. The molecule has 126 valence electrons. The Hall–Kier alpha value is -2.55. The van der Waals surface area contributed by atoms with Crippen molar-refractivity contribution < 1.29 is 0 Å². The number of benzene rings is 2. The number of hydrogen-bond donors (Lipinski definition) is 0. The van der Waals surface area contributed by atoms with E-state index in [1.807, 2.05) is 0 Å². The third kappa shape index (κ3) is 2.30. The summed E-state index contributed by atoms with van der Waals surface area (Å²) in [5.41, 5.74) is 6.09. The lowest BCUT2D eigenvalue weighted by Gasteiger charge is -2.44. The number of aliphatic imine (C=N–C) groups is 1. The van der Waals surface area contributed by atoms with Crippen molar-refractivity contribution in [3.8, 4) is 0 Å². The molecule has 0 unspecified atom stereocenters. The van der Waals surface area contributed by atoms with Gasteiger partial charge < -0.3 is 0 Å². The summed E-state index contributed by atoms with van der Waals surface area (Å²) in [4.78, 5) is 5.12. The quantitative estimate of drug-likeness (QED) is 0.640. The Morgan fingerprint density at radius 3 is 2.40 bits per heavy atom. The third-order valence-electron chi connectivity index (χ3n) is 5.84. The highest BCUT2D eigenvalue weighted by Gasteiger charge is 2.43. The first-order valence-electron chi connectivity index (χ1n) is 8.74. The van der Waals surface area contributed by atoms with Gasteiger partial charge in [0, 0.05) is 16.4 Å². The third-order valence-corrected chi connectivity index (χ3v) is 5.84. The molecule has 0 saturated heterocycles. The minimum Gasteiger partial charge on any atom is -0.275 e. The van der Waals surface area contributed by atoms with E-state index in [4.69, 9.17) is 4.99 Å². The molecule has 3 nitrogen and oxygen atoms in total. The Morgan fingerprint density at radius 1 is 0.840 bits per heavy atom. The summed E-state index contributed by atoms with van der Waals surface area (Å²) in [5, 5.41) is 10.1. The van der Waals surface area contributed by atoms with Gasteiger partial charge in [0.2, 0.25) is 0 Å². The van der Waals surface area contributed by atoms with E-state index >= 15 is 0 Å². The second-order valence-corrected chi connectivity index (χ2v) is 7.93. The maximum Gasteiger partial charge on any atom is 0.112 e. The molecule has 0 aliphatic carbocycles. The second-order valence-electron chi connectivity index (χ2n) is 7.93. The number of nitrogens with zero attached hydrogens (tertiary/aromatic N) is 3. The van der Waals surface area contributed by atoms with Crippen LogP contribution in [0.5, 0.6) is 0 Å². The smallest absolute Gasteiger partial charge is 0.112 e. The lowest BCUT2D eigenvalue weighted by Crippen LogP contribution is -2.46. The number of hydrogen-bond acceptors (Lipinski definition) is 3. The summed E-state index contributed by atoms with van der Waals surface area (Å²) in [6.45, 7) is 11.0. The second kappa shape index (κ2) is 5.22. The number of fused-ring (bicyclic) bond motifs is 2. The van der Waals surface area contributed by atoms with E-state index in [-0.39, 0.29) is 11.0 Å². The van der Waals surface area contributed by atoms with Crippen molar-refractivity contribution in [1.29, 1.82) is 0 Å². The molecule has 0 saturated carbocycles. The molecule has 25 heavy (non-hydrogen) atoms. The molecule has 1 aliphatic heterocycles. The molecule has 0 spiro atoms. The molecule has 0 N–H and O–H groups in total. The van der Waals surface area contributed by atoms with Gasteiger partial charge in [0.05, 0.1) is 16.8 Å². The van der Waals surface area contributed by atoms with E-state index in [9.17, 15) is 0 Å². The van der Waals surface area contributed by atoms with Crippen molar-refractivity contribution in [2.45, 2.75) is 45.6 Å². The molecule has 0 amide bonds. The van der Waals surface area contributed by atoms with Crippen LogP contribution in [0.1, 0.15) is 50.1 Å². The predicted octanol–water partition coefficient (Wildman–Crippen LogP) is 4.85. The van der Waals surface area contributed by atoms with E-state index in [1.165, 1.54) is 5.56 Å². The molecule has 4 rings (SSSR count). The van der Waals surface area contributed by atoms with Crippen LogP contribution in [0.4, 0.5) is 0 Å². The normalized spacial score (nSPS) is 17.9. The topological polar surface area (TPSA) is 38.1 Å². The van der Waals surface area contributed by atoms with Crippen LogP contribution in [0.15, 0.2) is 53.5 Å². The lowest BCUT2D eigenvalue weighted by molar-refractivity contribution is 0.303. The van der Waals surface area contributed by atoms with Gasteiger partial charge in [-0.05, 0) is 38.0 Å². The molecule has 3 aromatic rings. The molecular weight excluding hydrogens is 306 g/mol. The molecular formula is C22H23N3. The minimum absolute atomic E-state index is 0.0477. The number of aryl methyl sites for hydroxylation is 1. The zero-order chi connectivity index (χ0) is 17.8. The zero-order valence-corrected chi connectivity index (χ0v) is 15.5. The van der Waals surface area contributed by atoms with E-state index in [1.54, 1.807) is 0 Å². The van der Waals surface area contributed by atoms with Crippen molar-refractivity contribution in [1.82, 2.24) is 10.2 Å². The molecule has 1 aliphatic rings. The zero-order valence-electron chi connectivity index (χ0n) is 15.5. The summed E-state index contributed by atoms with van der Waals surface area (Å²) >= 11 is 0. The van der Waals surface area contributed by atoms with Gasteiger partial charge in [-0.25, -0.2) is 0 Å². The molecule has 0 radical (unpaired) electrons. The Morgan fingerprint density at radius 2 is 1.60 bits per heavy atom. The predicted molar refractivity (Wildman–Crippen MR) is 103 cm³/mol.